The van der Waals surface area contributed by atoms with Gasteiger partial charge in [0.2, 0.25) is 0 Å². The smallest absolute Gasteiger partial charge is 0.338 e. The van der Waals surface area contributed by atoms with Crippen LogP contribution in [-0.4, -0.2) is 41.1 Å². The van der Waals surface area contributed by atoms with Crippen molar-refractivity contribution in [2.24, 2.45) is 0 Å². The topological polar surface area (TPSA) is 95.9 Å². The summed E-state index contributed by atoms with van der Waals surface area (Å²) >= 11 is 12.0. The maximum atomic E-state index is 12.6. The summed E-state index contributed by atoms with van der Waals surface area (Å²) in [5.74, 6) is -1.51. The fourth-order valence-corrected chi connectivity index (χ4v) is 3.16. The number of nitrogens with one attached hydrogen (secondary N) is 1. The number of allylic oxidation sites excluding steroid dienone is 1. The maximum absolute atomic E-state index is 12.6. The minimum absolute atomic E-state index is 0.0813. The first-order valence-corrected chi connectivity index (χ1v) is 9.14. The third-order valence-corrected chi connectivity index (χ3v) is 4.88. The Morgan fingerprint density at radius 1 is 1.30 bits per heavy atom. The molecule has 0 radical (unpaired) electrons. The highest BCUT2D eigenvalue weighted by Gasteiger charge is 2.36. The van der Waals surface area contributed by atoms with Gasteiger partial charge in [-0.2, -0.15) is 0 Å². The molecule has 1 aromatic carbocycles. The molecule has 0 aliphatic carbocycles. The van der Waals surface area contributed by atoms with Crippen molar-refractivity contribution in [3.63, 3.8) is 0 Å². The molecule has 0 aromatic heterocycles. The SMILES string of the molecule is CCOC(=O)C1=C(C)N(CCCC(=O)O)C(=O)N[C@@H]1c1ccc(Cl)c(Cl)c1. The summed E-state index contributed by atoms with van der Waals surface area (Å²) in [6.07, 6.45) is 0.176. The fourth-order valence-electron chi connectivity index (χ4n) is 2.85. The zero-order chi connectivity index (χ0) is 20.1. The number of rotatable bonds is 7. The number of carboxylic acid groups (broad SMARTS) is 1. The summed E-state index contributed by atoms with van der Waals surface area (Å²) in [6, 6.07) is 3.67. The molecule has 0 unspecified atom stereocenters. The number of nitrogens with zero attached hydrogens (tertiary/aromatic N) is 1. The van der Waals surface area contributed by atoms with Crippen molar-refractivity contribution in [3.05, 3.63) is 45.1 Å². The predicted molar refractivity (Wildman–Crippen MR) is 101 cm³/mol. The molecule has 1 aromatic rings. The van der Waals surface area contributed by atoms with Gasteiger partial charge in [0.25, 0.3) is 0 Å². The van der Waals surface area contributed by atoms with Crippen LogP contribution in [0.3, 0.4) is 0 Å². The van der Waals surface area contributed by atoms with E-state index in [0.717, 1.165) is 0 Å². The van der Waals surface area contributed by atoms with E-state index in [0.29, 0.717) is 21.3 Å². The van der Waals surface area contributed by atoms with Crippen LogP contribution in [0.15, 0.2) is 29.5 Å². The second-order valence-electron chi connectivity index (χ2n) is 5.92. The molecule has 146 valence electrons. The van der Waals surface area contributed by atoms with Gasteiger partial charge in [0, 0.05) is 18.7 Å². The molecule has 0 spiro atoms. The average molecular weight is 415 g/mol. The predicted octanol–water partition coefficient (Wildman–Crippen LogP) is 3.76. The molecule has 1 heterocycles. The van der Waals surface area contributed by atoms with E-state index in [1.807, 2.05) is 0 Å². The summed E-state index contributed by atoms with van der Waals surface area (Å²) in [7, 11) is 0. The number of ether oxygens (including phenoxy) is 1. The summed E-state index contributed by atoms with van der Waals surface area (Å²) in [5.41, 5.74) is 1.27. The second kappa shape index (κ2) is 9.10. The van der Waals surface area contributed by atoms with Crippen molar-refractivity contribution in [3.8, 4) is 0 Å². The first-order valence-electron chi connectivity index (χ1n) is 8.38. The highest BCUT2D eigenvalue weighted by Crippen LogP contribution is 2.34. The zero-order valence-corrected chi connectivity index (χ0v) is 16.4. The Hall–Kier alpha value is -2.25. The Bertz CT molecular complexity index is 794. The van der Waals surface area contributed by atoms with E-state index in [1.54, 1.807) is 32.0 Å². The number of hydrogen-bond acceptors (Lipinski definition) is 4. The molecule has 1 atom stereocenters. The number of carbonyl (C=O) groups is 3. The van der Waals surface area contributed by atoms with Crippen LogP contribution in [0.25, 0.3) is 0 Å². The molecule has 27 heavy (non-hydrogen) atoms. The fraction of sp³-hybridized carbons (Fsp3) is 0.389. The van der Waals surface area contributed by atoms with Crippen LogP contribution >= 0.6 is 23.2 Å². The van der Waals surface area contributed by atoms with E-state index >= 15 is 0 Å². The Balaban J connectivity index is 2.42. The molecule has 2 rings (SSSR count). The number of urea groups is 1. The van der Waals surface area contributed by atoms with Crippen LogP contribution < -0.4 is 5.32 Å². The van der Waals surface area contributed by atoms with E-state index < -0.39 is 24.0 Å². The summed E-state index contributed by atoms with van der Waals surface area (Å²) < 4.78 is 5.16. The number of hydrogen-bond donors (Lipinski definition) is 2. The van der Waals surface area contributed by atoms with Crippen LogP contribution in [0.4, 0.5) is 4.79 Å². The van der Waals surface area contributed by atoms with Gasteiger partial charge >= 0.3 is 18.0 Å². The third-order valence-electron chi connectivity index (χ3n) is 4.14. The average Bonchev–Trinajstić information content (AvgIpc) is 2.59. The third kappa shape index (κ3) is 4.93. The van der Waals surface area contributed by atoms with E-state index in [1.165, 1.54) is 4.90 Å². The molecular formula is C18H20Cl2N2O5. The molecule has 0 bridgehead atoms. The molecule has 2 N–H and O–H groups in total. The Kier molecular flexibility index (Phi) is 7.10. The molecular weight excluding hydrogens is 395 g/mol. The van der Waals surface area contributed by atoms with E-state index in [2.05, 4.69) is 5.32 Å². The Morgan fingerprint density at radius 2 is 2.00 bits per heavy atom. The molecule has 0 fully saturated rings. The number of carboxylic acids is 1. The standard InChI is InChI=1S/C18H20Cl2N2O5/c1-3-27-17(25)15-10(2)22(8-4-5-14(23)24)18(26)21-16(15)11-6-7-12(19)13(20)9-11/h6-7,9,16H,3-5,8H2,1-2H3,(H,21,26)(H,23,24)/t16-/m1/s1. The van der Waals surface area contributed by atoms with Crippen molar-refractivity contribution in [2.75, 3.05) is 13.2 Å². The number of amides is 2. The summed E-state index contributed by atoms with van der Waals surface area (Å²) in [4.78, 5) is 37.2. The lowest BCUT2D eigenvalue weighted by Crippen LogP contribution is -2.48. The highest BCUT2D eigenvalue weighted by molar-refractivity contribution is 6.42. The van der Waals surface area contributed by atoms with Crippen molar-refractivity contribution in [1.29, 1.82) is 0 Å². The number of carbonyl (C=O) groups excluding carboxylic acids is 2. The Labute approximate surface area is 166 Å². The first kappa shape index (κ1) is 21.1. The van der Waals surface area contributed by atoms with Crippen LogP contribution in [0.2, 0.25) is 10.0 Å². The number of esters is 1. The van der Waals surface area contributed by atoms with Crippen LogP contribution in [0.1, 0.15) is 38.3 Å². The summed E-state index contributed by atoms with van der Waals surface area (Å²) in [5, 5.41) is 12.2. The lowest BCUT2D eigenvalue weighted by Gasteiger charge is -2.35. The Morgan fingerprint density at radius 3 is 2.59 bits per heavy atom. The van der Waals surface area contributed by atoms with Gasteiger partial charge in [-0.15, -0.1) is 0 Å². The zero-order valence-electron chi connectivity index (χ0n) is 14.9. The number of aliphatic carboxylic acids is 1. The van der Waals surface area contributed by atoms with Gasteiger partial charge < -0.3 is 15.2 Å². The van der Waals surface area contributed by atoms with E-state index in [4.69, 9.17) is 33.0 Å². The van der Waals surface area contributed by atoms with Gasteiger partial charge in [-0.05, 0) is 38.0 Å². The van der Waals surface area contributed by atoms with Crippen LogP contribution in [0.5, 0.6) is 0 Å². The van der Waals surface area contributed by atoms with Crippen LogP contribution in [-0.2, 0) is 14.3 Å². The second-order valence-corrected chi connectivity index (χ2v) is 6.74. The van der Waals surface area contributed by atoms with Gasteiger partial charge in [0.05, 0.1) is 28.3 Å². The monoisotopic (exact) mass is 414 g/mol. The number of benzene rings is 1. The van der Waals surface area contributed by atoms with E-state index in [9.17, 15) is 14.4 Å². The van der Waals surface area contributed by atoms with Gasteiger partial charge in [0.15, 0.2) is 0 Å². The molecule has 1 aliphatic rings. The minimum Gasteiger partial charge on any atom is -0.481 e. The summed E-state index contributed by atoms with van der Waals surface area (Å²) in [6.45, 7) is 3.67. The van der Waals surface area contributed by atoms with Gasteiger partial charge in [0.1, 0.15) is 0 Å². The molecule has 0 saturated carbocycles. The van der Waals surface area contributed by atoms with E-state index in [-0.39, 0.29) is 31.6 Å². The normalized spacial score (nSPS) is 17.0. The molecule has 2 amide bonds. The van der Waals surface area contributed by atoms with Crippen molar-refractivity contribution in [1.82, 2.24) is 10.2 Å². The van der Waals surface area contributed by atoms with Gasteiger partial charge in [-0.1, -0.05) is 29.3 Å². The number of halogens is 2. The first-order chi connectivity index (χ1) is 12.8. The lowest BCUT2D eigenvalue weighted by molar-refractivity contribution is -0.139. The quantitative estimate of drug-likeness (QED) is 0.662. The molecule has 9 heteroatoms. The highest BCUT2D eigenvalue weighted by atomic mass is 35.5. The van der Waals surface area contributed by atoms with Gasteiger partial charge in [-0.25, -0.2) is 9.59 Å². The van der Waals surface area contributed by atoms with Crippen molar-refractivity contribution in [2.45, 2.75) is 32.7 Å². The van der Waals surface area contributed by atoms with Crippen molar-refractivity contribution < 1.29 is 24.2 Å². The molecule has 1 aliphatic heterocycles. The maximum Gasteiger partial charge on any atom is 0.338 e. The molecule has 7 nitrogen and oxygen atoms in total. The lowest BCUT2D eigenvalue weighted by atomic mass is 9.95. The van der Waals surface area contributed by atoms with Crippen molar-refractivity contribution >= 4 is 41.2 Å². The molecule has 0 saturated heterocycles. The largest absolute Gasteiger partial charge is 0.481 e. The van der Waals surface area contributed by atoms with Gasteiger partial charge in [-0.3, -0.25) is 9.69 Å². The minimum atomic E-state index is -0.951. The van der Waals surface area contributed by atoms with Crippen LogP contribution in [0, 0.1) is 0 Å².